The number of likely N-dealkylation sites (N-methyl/N-ethyl adjacent to an activating group) is 1. The first-order valence-corrected chi connectivity index (χ1v) is 5.96. The van der Waals surface area contributed by atoms with Crippen molar-refractivity contribution in [2.45, 2.75) is 18.9 Å². The molecule has 6 nitrogen and oxygen atoms in total. The topological polar surface area (TPSA) is 75.5 Å². The summed E-state index contributed by atoms with van der Waals surface area (Å²) in [6, 6.07) is 2.99. The lowest BCUT2D eigenvalue weighted by atomic mass is 10.2. The molecule has 0 radical (unpaired) electrons. The molecule has 1 saturated heterocycles. The fourth-order valence-corrected chi connectivity index (χ4v) is 2.35. The largest absolute Gasteiger partial charge is 0.359 e. The van der Waals surface area contributed by atoms with Crippen molar-refractivity contribution in [3.05, 3.63) is 34.1 Å². The molecule has 1 N–H and O–H groups in total. The first kappa shape index (κ1) is 13.3. The number of nitrogens with zero attached hydrogens (tertiary/aromatic N) is 2. The number of non-ortho nitro benzene ring substituents is 1. The Labute approximate surface area is 109 Å². The molecule has 19 heavy (non-hydrogen) atoms. The van der Waals surface area contributed by atoms with Crippen molar-refractivity contribution in [3.63, 3.8) is 0 Å². The van der Waals surface area contributed by atoms with Crippen LogP contribution in [-0.2, 0) is 4.79 Å². The van der Waals surface area contributed by atoms with Gasteiger partial charge < -0.3 is 10.2 Å². The predicted octanol–water partition coefficient (Wildman–Crippen LogP) is 1.45. The van der Waals surface area contributed by atoms with Crippen LogP contribution in [0.5, 0.6) is 0 Å². The van der Waals surface area contributed by atoms with Gasteiger partial charge in [0.1, 0.15) is 11.9 Å². The van der Waals surface area contributed by atoms with E-state index in [9.17, 15) is 19.3 Å². The molecule has 0 aromatic heterocycles. The summed E-state index contributed by atoms with van der Waals surface area (Å²) in [6.07, 6.45) is 1.45. The summed E-state index contributed by atoms with van der Waals surface area (Å²) in [6.45, 7) is 0.582. The third-order valence-corrected chi connectivity index (χ3v) is 3.21. The predicted molar refractivity (Wildman–Crippen MR) is 67.5 cm³/mol. The fourth-order valence-electron chi connectivity index (χ4n) is 2.35. The highest BCUT2D eigenvalue weighted by Crippen LogP contribution is 2.29. The lowest BCUT2D eigenvalue weighted by Gasteiger charge is -2.25. The number of rotatable bonds is 3. The molecule has 0 bridgehead atoms. The van der Waals surface area contributed by atoms with Crippen LogP contribution >= 0.6 is 0 Å². The average Bonchev–Trinajstić information content (AvgIpc) is 2.86. The number of carbonyl (C=O) groups is 1. The number of amides is 1. The van der Waals surface area contributed by atoms with Crippen molar-refractivity contribution in [1.82, 2.24) is 5.32 Å². The molecule has 1 aromatic carbocycles. The van der Waals surface area contributed by atoms with Crippen LogP contribution in [0.1, 0.15) is 12.8 Å². The van der Waals surface area contributed by atoms with Gasteiger partial charge in [0, 0.05) is 25.3 Å². The number of hydrogen-bond donors (Lipinski definition) is 1. The third kappa shape index (κ3) is 2.64. The molecule has 7 heteroatoms. The van der Waals surface area contributed by atoms with Crippen LogP contribution in [0.2, 0.25) is 0 Å². The van der Waals surface area contributed by atoms with E-state index in [4.69, 9.17) is 0 Å². The van der Waals surface area contributed by atoms with Crippen molar-refractivity contribution in [2.75, 3.05) is 18.5 Å². The smallest absolute Gasteiger partial charge is 0.274 e. The van der Waals surface area contributed by atoms with Crippen molar-refractivity contribution in [1.29, 1.82) is 0 Å². The Balaban J connectivity index is 2.35. The van der Waals surface area contributed by atoms with Gasteiger partial charge in [-0.25, -0.2) is 4.39 Å². The standard InChI is InChI=1S/C12H14FN3O3/c1-14-12(17)11-3-2-4-15(11)9-5-8(13)6-10(7-9)16(18)19/h5-7,11H,2-4H2,1H3,(H,14,17). The highest BCUT2D eigenvalue weighted by molar-refractivity contribution is 5.85. The van der Waals surface area contributed by atoms with Gasteiger partial charge in [0.25, 0.3) is 5.69 Å². The number of carbonyl (C=O) groups excluding carboxylic acids is 1. The fraction of sp³-hybridized carbons (Fsp3) is 0.417. The van der Waals surface area contributed by atoms with Gasteiger partial charge in [-0.3, -0.25) is 14.9 Å². The first-order chi connectivity index (χ1) is 9.02. The van der Waals surface area contributed by atoms with E-state index in [1.807, 2.05) is 0 Å². The Morgan fingerprint density at radius 2 is 2.26 bits per heavy atom. The van der Waals surface area contributed by atoms with Crippen LogP contribution in [0.4, 0.5) is 15.8 Å². The Bertz CT molecular complexity index is 521. The molecule has 1 aromatic rings. The molecule has 1 aliphatic rings. The molecule has 1 aliphatic heterocycles. The maximum absolute atomic E-state index is 13.4. The van der Waals surface area contributed by atoms with Gasteiger partial charge in [-0.05, 0) is 18.9 Å². The maximum atomic E-state index is 13.4. The van der Waals surface area contributed by atoms with Crippen molar-refractivity contribution in [2.24, 2.45) is 0 Å². The summed E-state index contributed by atoms with van der Waals surface area (Å²) >= 11 is 0. The molecule has 2 rings (SSSR count). The Hall–Kier alpha value is -2.18. The van der Waals surface area contributed by atoms with E-state index in [1.54, 1.807) is 4.90 Å². The van der Waals surface area contributed by atoms with Gasteiger partial charge in [0.15, 0.2) is 0 Å². The zero-order valence-electron chi connectivity index (χ0n) is 10.4. The monoisotopic (exact) mass is 267 g/mol. The number of halogens is 1. The van der Waals surface area contributed by atoms with Gasteiger partial charge in [0.2, 0.25) is 5.91 Å². The summed E-state index contributed by atoms with van der Waals surface area (Å²) in [7, 11) is 1.53. The van der Waals surface area contributed by atoms with Gasteiger partial charge in [-0.2, -0.15) is 0 Å². The average molecular weight is 267 g/mol. The molecule has 0 aliphatic carbocycles. The third-order valence-electron chi connectivity index (χ3n) is 3.21. The van der Waals surface area contributed by atoms with Gasteiger partial charge >= 0.3 is 0 Å². The summed E-state index contributed by atoms with van der Waals surface area (Å²) in [5.41, 5.74) is 0.0651. The second kappa shape index (κ2) is 5.21. The number of anilines is 1. The minimum atomic E-state index is -0.674. The summed E-state index contributed by atoms with van der Waals surface area (Å²) < 4.78 is 13.4. The maximum Gasteiger partial charge on any atom is 0.274 e. The van der Waals surface area contributed by atoms with Crippen LogP contribution in [0.25, 0.3) is 0 Å². The van der Waals surface area contributed by atoms with E-state index in [-0.39, 0.29) is 11.6 Å². The SMILES string of the molecule is CNC(=O)C1CCCN1c1cc(F)cc([N+](=O)[O-])c1. The number of nitrogens with one attached hydrogen (secondary N) is 1. The van der Waals surface area contributed by atoms with E-state index >= 15 is 0 Å². The Kier molecular flexibility index (Phi) is 3.64. The Morgan fingerprint density at radius 1 is 1.53 bits per heavy atom. The minimum Gasteiger partial charge on any atom is -0.359 e. The Morgan fingerprint density at radius 3 is 2.89 bits per heavy atom. The molecule has 1 amide bonds. The number of benzene rings is 1. The van der Waals surface area contributed by atoms with Gasteiger partial charge in [-0.15, -0.1) is 0 Å². The zero-order chi connectivity index (χ0) is 14.0. The van der Waals surface area contributed by atoms with E-state index in [0.29, 0.717) is 18.7 Å². The van der Waals surface area contributed by atoms with Gasteiger partial charge in [-0.1, -0.05) is 0 Å². The number of nitro benzene ring substituents is 1. The molecular weight excluding hydrogens is 253 g/mol. The van der Waals surface area contributed by atoms with E-state index in [2.05, 4.69) is 5.32 Å². The number of nitro groups is 1. The summed E-state index contributed by atoms with van der Waals surface area (Å²) in [5, 5.41) is 13.3. The molecular formula is C12H14FN3O3. The first-order valence-electron chi connectivity index (χ1n) is 5.96. The molecule has 0 spiro atoms. The van der Waals surface area contributed by atoms with Crippen LogP contribution in [0.15, 0.2) is 18.2 Å². The van der Waals surface area contributed by atoms with E-state index in [0.717, 1.165) is 12.5 Å². The molecule has 1 atom stereocenters. The quantitative estimate of drug-likeness (QED) is 0.664. The molecule has 1 unspecified atom stereocenters. The van der Waals surface area contributed by atoms with Crippen molar-refractivity contribution in [3.8, 4) is 0 Å². The van der Waals surface area contributed by atoms with Crippen LogP contribution in [0.3, 0.4) is 0 Å². The second-order valence-electron chi connectivity index (χ2n) is 4.39. The molecule has 0 saturated carbocycles. The van der Waals surface area contributed by atoms with E-state index in [1.165, 1.54) is 19.2 Å². The van der Waals surface area contributed by atoms with Crippen molar-refractivity contribution >= 4 is 17.3 Å². The summed E-state index contributed by atoms with van der Waals surface area (Å²) in [4.78, 5) is 23.5. The highest BCUT2D eigenvalue weighted by Gasteiger charge is 2.31. The molecule has 1 fully saturated rings. The van der Waals surface area contributed by atoms with Crippen molar-refractivity contribution < 1.29 is 14.1 Å². The van der Waals surface area contributed by atoms with Crippen LogP contribution in [-0.4, -0.2) is 30.5 Å². The minimum absolute atomic E-state index is 0.163. The molecule has 1 heterocycles. The summed E-state index contributed by atoms with van der Waals surface area (Å²) in [5.74, 6) is -0.837. The second-order valence-corrected chi connectivity index (χ2v) is 4.39. The normalized spacial score (nSPS) is 18.4. The molecule has 102 valence electrons. The lowest BCUT2D eigenvalue weighted by molar-refractivity contribution is -0.385. The van der Waals surface area contributed by atoms with Crippen LogP contribution < -0.4 is 10.2 Å². The zero-order valence-corrected chi connectivity index (χ0v) is 10.4. The van der Waals surface area contributed by atoms with Crippen LogP contribution in [0, 0.1) is 15.9 Å². The highest BCUT2D eigenvalue weighted by atomic mass is 19.1. The van der Waals surface area contributed by atoms with E-state index < -0.39 is 16.8 Å². The lowest BCUT2D eigenvalue weighted by Crippen LogP contribution is -2.42. The number of hydrogen-bond acceptors (Lipinski definition) is 4. The van der Waals surface area contributed by atoms with Gasteiger partial charge in [0.05, 0.1) is 11.0 Å².